The van der Waals surface area contributed by atoms with Crippen molar-refractivity contribution in [3.05, 3.63) is 71.1 Å². The van der Waals surface area contributed by atoms with Gasteiger partial charge in [0.05, 0.1) is 11.3 Å². The summed E-state index contributed by atoms with van der Waals surface area (Å²) < 4.78 is 10.8. The summed E-state index contributed by atoms with van der Waals surface area (Å²) in [6.07, 6.45) is 0. The summed E-state index contributed by atoms with van der Waals surface area (Å²) in [5.74, 6) is 1.11. The minimum atomic E-state index is -0.645. The van der Waals surface area contributed by atoms with Gasteiger partial charge < -0.3 is 25.6 Å². The Hall–Kier alpha value is -3.81. The fraction of sp³-hybridized carbons (Fsp3) is 0.150. The number of rotatable bonds is 6. The van der Waals surface area contributed by atoms with Gasteiger partial charge in [-0.15, -0.1) is 0 Å². The van der Waals surface area contributed by atoms with Crippen LogP contribution in [-0.2, 0) is 6.61 Å². The van der Waals surface area contributed by atoms with E-state index in [0.29, 0.717) is 29.3 Å². The van der Waals surface area contributed by atoms with E-state index in [9.17, 15) is 9.59 Å². The zero-order valence-electron chi connectivity index (χ0n) is 15.5. The van der Waals surface area contributed by atoms with Crippen LogP contribution in [0.15, 0.2) is 53.1 Å². The van der Waals surface area contributed by atoms with Gasteiger partial charge in [-0.3, -0.25) is 4.79 Å². The molecule has 4 N–H and O–H groups in total. The first kappa shape index (κ1) is 19.0. The molecule has 8 nitrogen and oxygen atoms in total. The van der Waals surface area contributed by atoms with Crippen LogP contribution in [0.5, 0.6) is 5.75 Å². The molecule has 0 unspecified atom stereocenters. The Morgan fingerprint density at radius 2 is 1.61 bits per heavy atom. The van der Waals surface area contributed by atoms with E-state index < -0.39 is 6.03 Å². The van der Waals surface area contributed by atoms with Crippen molar-refractivity contribution in [2.24, 2.45) is 5.73 Å². The van der Waals surface area contributed by atoms with Crippen LogP contribution in [0.3, 0.4) is 0 Å². The lowest BCUT2D eigenvalue weighted by Gasteiger charge is -2.09. The molecule has 0 bridgehead atoms. The molecule has 1 heterocycles. The number of nitrogens with one attached hydrogen (secondary N) is 2. The fourth-order valence-electron chi connectivity index (χ4n) is 2.55. The number of carbonyl (C=O) groups is 2. The van der Waals surface area contributed by atoms with Gasteiger partial charge in [-0.05, 0) is 62.4 Å². The number of anilines is 2. The number of urea groups is 1. The highest BCUT2D eigenvalue weighted by atomic mass is 16.5. The van der Waals surface area contributed by atoms with E-state index in [-0.39, 0.29) is 5.91 Å². The van der Waals surface area contributed by atoms with Crippen molar-refractivity contribution in [1.82, 2.24) is 5.16 Å². The predicted molar refractivity (Wildman–Crippen MR) is 104 cm³/mol. The second kappa shape index (κ2) is 8.26. The summed E-state index contributed by atoms with van der Waals surface area (Å²) in [4.78, 5) is 23.2. The summed E-state index contributed by atoms with van der Waals surface area (Å²) in [6, 6.07) is 12.8. The van der Waals surface area contributed by atoms with Crippen molar-refractivity contribution < 1.29 is 18.8 Å². The molecule has 0 aliphatic rings. The first-order valence-corrected chi connectivity index (χ1v) is 8.55. The number of nitrogens with two attached hydrogens (primary N) is 1. The molecule has 0 fully saturated rings. The van der Waals surface area contributed by atoms with Crippen molar-refractivity contribution in [3.8, 4) is 5.75 Å². The Bertz CT molecular complexity index is 959. The zero-order chi connectivity index (χ0) is 20.1. The molecular weight excluding hydrogens is 360 g/mol. The summed E-state index contributed by atoms with van der Waals surface area (Å²) in [5, 5.41) is 9.13. The molecule has 0 spiro atoms. The number of nitrogens with zero attached hydrogens (tertiary/aromatic N) is 1. The number of hydrogen-bond acceptors (Lipinski definition) is 5. The molecule has 28 heavy (non-hydrogen) atoms. The van der Waals surface area contributed by atoms with E-state index in [4.69, 9.17) is 15.0 Å². The predicted octanol–water partition coefficient (Wildman–Crippen LogP) is 3.61. The second-order valence-electron chi connectivity index (χ2n) is 6.14. The maximum absolute atomic E-state index is 12.4. The molecule has 0 saturated heterocycles. The highest BCUT2D eigenvalue weighted by molar-refractivity contribution is 6.04. The number of aromatic nitrogens is 1. The molecule has 0 aliphatic carbocycles. The highest BCUT2D eigenvalue weighted by Crippen LogP contribution is 2.19. The molecule has 0 radical (unpaired) electrons. The van der Waals surface area contributed by atoms with Crippen LogP contribution >= 0.6 is 0 Å². The molecule has 0 atom stereocenters. The van der Waals surface area contributed by atoms with Crippen molar-refractivity contribution in [2.45, 2.75) is 20.5 Å². The van der Waals surface area contributed by atoms with Crippen molar-refractivity contribution in [1.29, 1.82) is 0 Å². The minimum absolute atomic E-state index is 0.257. The van der Waals surface area contributed by atoms with Crippen molar-refractivity contribution in [2.75, 3.05) is 10.6 Å². The number of hydrogen-bond donors (Lipinski definition) is 3. The van der Waals surface area contributed by atoms with Crippen LogP contribution in [-0.4, -0.2) is 17.1 Å². The minimum Gasteiger partial charge on any atom is -0.489 e. The second-order valence-corrected chi connectivity index (χ2v) is 6.14. The standard InChI is InChI=1S/C20H20N4O4/c1-12-18(13(2)28-24-12)11-27-17-9-3-14(4-10-17)19(25)22-15-5-7-16(8-6-15)23-20(21)26/h3-10H,11H2,1-2H3,(H,22,25)(H3,21,23,26). The molecule has 1 aromatic heterocycles. The Kier molecular flexibility index (Phi) is 5.59. The maximum Gasteiger partial charge on any atom is 0.316 e. The van der Waals surface area contributed by atoms with Crippen LogP contribution in [0.4, 0.5) is 16.2 Å². The van der Waals surface area contributed by atoms with E-state index in [2.05, 4.69) is 15.8 Å². The van der Waals surface area contributed by atoms with Crippen LogP contribution in [0, 0.1) is 13.8 Å². The topological polar surface area (TPSA) is 119 Å². The Balaban J connectivity index is 1.58. The third kappa shape index (κ3) is 4.67. The van der Waals surface area contributed by atoms with E-state index >= 15 is 0 Å². The van der Waals surface area contributed by atoms with Crippen molar-refractivity contribution in [3.63, 3.8) is 0 Å². The van der Waals surface area contributed by atoms with E-state index in [0.717, 1.165) is 17.0 Å². The summed E-state index contributed by atoms with van der Waals surface area (Å²) >= 11 is 0. The van der Waals surface area contributed by atoms with Gasteiger partial charge in [0, 0.05) is 16.9 Å². The maximum atomic E-state index is 12.4. The van der Waals surface area contributed by atoms with Gasteiger partial charge in [-0.2, -0.15) is 0 Å². The molecule has 144 valence electrons. The molecule has 2 aromatic carbocycles. The highest BCUT2D eigenvalue weighted by Gasteiger charge is 2.10. The Labute approximate surface area is 161 Å². The Morgan fingerprint density at radius 3 is 2.14 bits per heavy atom. The van der Waals surface area contributed by atoms with Gasteiger partial charge in [0.15, 0.2) is 0 Å². The number of carbonyl (C=O) groups excluding carboxylic acids is 2. The summed E-state index contributed by atoms with van der Waals surface area (Å²) in [5.41, 5.74) is 8.40. The lowest BCUT2D eigenvalue weighted by molar-refractivity contribution is 0.102. The number of ether oxygens (including phenoxy) is 1. The number of primary amides is 1. The molecule has 0 aliphatic heterocycles. The summed E-state index contributed by atoms with van der Waals surface area (Å²) in [6.45, 7) is 4.04. The van der Waals surface area contributed by atoms with Gasteiger partial charge in [0.25, 0.3) is 5.91 Å². The van der Waals surface area contributed by atoms with E-state index in [1.807, 2.05) is 13.8 Å². The largest absolute Gasteiger partial charge is 0.489 e. The van der Waals surface area contributed by atoms with Gasteiger partial charge >= 0.3 is 6.03 Å². The molecular formula is C20H20N4O4. The molecule has 3 aromatic rings. The molecule has 3 rings (SSSR count). The smallest absolute Gasteiger partial charge is 0.316 e. The van der Waals surface area contributed by atoms with Crippen LogP contribution in [0.1, 0.15) is 27.4 Å². The number of aryl methyl sites for hydroxylation is 2. The lowest BCUT2D eigenvalue weighted by atomic mass is 10.2. The van der Waals surface area contributed by atoms with Gasteiger partial charge in [0.1, 0.15) is 18.1 Å². The van der Waals surface area contributed by atoms with Gasteiger partial charge in [0.2, 0.25) is 0 Å². The number of amides is 3. The van der Waals surface area contributed by atoms with Crippen LogP contribution in [0.25, 0.3) is 0 Å². The third-order valence-corrected chi connectivity index (χ3v) is 4.09. The van der Waals surface area contributed by atoms with E-state index in [1.165, 1.54) is 0 Å². The lowest BCUT2D eigenvalue weighted by Crippen LogP contribution is -2.19. The van der Waals surface area contributed by atoms with Crippen LogP contribution < -0.4 is 21.1 Å². The summed E-state index contributed by atoms with van der Waals surface area (Å²) in [7, 11) is 0. The average molecular weight is 380 g/mol. The first-order chi connectivity index (χ1) is 13.4. The van der Waals surface area contributed by atoms with Crippen molar-refractivity contribution >= 4 is 23.3 Å². The fourth-order valence-corrected chi connectivity index (χ4v) is 2.55. The average Bonchev–Trinajstić information content (AvgIpc) is 2.99. The zero-order valence-corrected chi connectivity index (χ0v) is 15.5. The van der Waals surface area contributed by atoms with Crippen LogP contribution in [0.2, 0.25) is 0 Å². The normalized spacial score (nSPS) is 10.4. The molecule has 8 heteroatoms. The van der Waals surface area contributed by atoms with E-state index in [1.54, 1.807) is 48.5 Å². The quantitative estimate of drug-likeness (QED) is 0.603. The van der Waals surface area contributed by atoms with Gasteiger partial charge in [-0.1, -0.05) is 5.16 Å². The SMILES string of the molecule is Cc1noc(C)c1COc1ccc(C(=O)Nc2ccc(NC(N)=O)cc2)cc1. The first-order valence-electron chi connectivity index (χ1n) is 8.55. The Morgan fingerprint density at radius 1 is 1.00 bits per heavy atom. The third-order valence-electron chi connectivity index (χ3n) is 4.09. The van der Waals surface area contributed by atoms with Gasteiger partial charge in [-0.25, -0.2) is 4.79 Å². The number of benzene rings is 2. The monoisotopic (exact) mass is 380 g/mol. The molecule has 3 amide bonds. The molecule has 0 saturated carbocycles.